The van der Waals surface area contributed by atoms with Gasteiger partial charge in [0, 0.05) is 22.6 Å². The maximum atomic E-state index is 12.7. The fourth-order valence-corrected chi connectivity index (χ4v) is 5.79. The summed E-state index contributed by atoms with van der Waals surface area (Å²) in [6.07, 6.45) is 1.27. The summed E-state index contributed by atoms with van der Waals surface area (Å²) in [5.41, 5.74) is 2.89. The highest BCUT2D eigenvalue weighted by atomic mass is 35.5. The number of para-hydroxylation sites is 1. The molecule has 0 aliphatic carbocycles. The summed E-state index contributed by atoms with van der Waals surface area (Å²) < 4.78 is 26.9. The van der Waals surface area contributed by atoms with Crippen molar-refractivity contribution in [2.45, 2.75) is 25.0 Å². The Bertz CT molecular complexity index is 1090. The van der Waals surface area contributed by atoms with Crippen molar-refractivity contribution in [3.63, 3.8) is 0 Å². The van der Waals surface area contributed by atoms with Crippen molar-refractivity contribution in [2.24, 2.45) is 0 Å². The molecule has 3 aromatic rings. The Morgan fingerprint density at radius 3 is 1.77 bits per heavy atom. The second kappa shape index (κ2) is 8.83. The first kappa shape index (κ1) is 22.2. The van der Waals surface area contributed by atoms with Crippen molar-refractivity contribution in [3.8, 4) is 0 Å². The first-order valence-corrected chi connectivity index (χ1v) is 12.7. The van der Waals surface area contributed by atoms with Crippen molar-refractivity contribution in [3.05, 3.63) is 100 Å². The Morgan fingerprint density at radius 2 is 1.35 bits per heavy atom. The van der Waals surface area contributed by atoms with Crippen LogP contribution in [0.3, 0.4) is 0 Å². The molecule has 0 unspecified atom stereocenters. The SMILES string of the molecule is C[C@H]1[C@H](N(c2ccccc2)S(C)(=O)=O)CN1C(c1ccc(Cl)cc1)c1ccc(Cl)cc1. The van der Waals surface area contributed by atoms with Crippen molar-refractivity contribution < 1.29 is 8.42 Å². The lowest BCUT2D eigenvalue weighted by atomic mass is 9.88. The number of benzene rings is 3. The summed E-state index contributed by atoms with van der Waals surface area (Å²) in [5.74, 6) is 0. The van der Waals surface area contributed by atoms with Crippen LogP contribution in [0.4, 0.5) is 5.69 Å². The summed E-state index contributed by atoms with van der Waals surface area (Å²) >= 11 is 12.2. The van der Waals surface area contributed by atoms with E-state index in [2.05, 4.69) is 11.8 Å². The largest absolute Gasteiger partial charge is 0.285 e. The molecule has 0 saturated carbocycles. The second-order valence-corrected chi connectivity index (χ2v) is 10.6. The van der Waals surface area contributed by atoms with Gasteiger partial charge in [0.2, 0.25) is 10.0 Å². The molecule has 0 aromatic heterocycles. The van der Waals surface area contributed by atoms with Gasteiger partial charge in [0.05, 0.1) is 24.0 Å². The quantitative estimate of drug-likeness (QED) is 0.465. The molecule has 1 aliphatic rings. The molecule has 4 nitrogen and oxygen atoms in total. The summed E-state index contributed by atoms with van der Waals surface area (Å²) in [6, 6.07) is 24.7. The van der Waals surface area contributed by atoms with Crippen LogP contribution in [-0.2, 0) is 10.0 Å². The highest BCUT2D eigenvalue weighted by molar-refractivity contribution is 7.92. The Kier molecular flexibility index (Phi) is 6.31. The highest BCUT2D eigenvalue weighted by Crippen LogP contribution is 2.40. The number of hydrogen-bond donors (Lipinski definition) is 0. The van der Waals surface area contributed by atoms with Crippen molar-refractivity contribution >= 4 is 38.9 Å². The zero-order valence-electron chi connectivity index (χ0n) is 17.3. The van der Waals surface area contributed by atoms with Crippen molar-refractivity contribution in [1.29, 1.82) is 0 Å². The lowest BCUT2D eigenvalue weighted by molar-refractivity contribution is 0.0470. The molecular formula is C24H24Cl2N2O2S. The number of rotatable bonds is 6. The third-order valence-corrected chi connectivity index (χ3v) is 7.55. The Morgan fingerprint density at radius 1 is 0.871 bits per heavy atom. The summed E-state index contributed by atoms with van der Waals surface area (Å²) in [6.45, 7) is 2.69. The van der Waals surface area contributed by atoms with Gasteiger partial charge < -0.3 is 0 Å². The van der Waals surface area contributed by atoms with Gasteiger partial charge >= 0.3 is 0 Å². The number of likely N-dealkylation sites (tertiary alicyclic amines) is 1. The van der Waals surface area contributed by atoms with Crippen LogP contribution in [-0.4, -0.2) is 38.2 Å². The molecule has 7 heteroatoms. The van der Waals surface area contributed by atoms with E-state index in [0.717, 1.165) is 11.1 Å². The Balaban J connectivity index is 1.68. The van der Waals surface area contributed by atoms with E-state index < -0.39 is 10.0 Å². The zero-order valence-corrected chi connectivity index (χ0v) is 19.6. The highest BCUT2D eigenvalue weighted by Gasteiger charge is 2.46. The topological polar surface area (TPSA) is 40.6 Å². The van der Waals surface area contributed by atoms with E-state index in [-0.39, 0.29) is 18.1 Å². The molecule has 3 aromatic carbocycles. The van der Waals surface area contributed by atoms with E-state index in [1.165, 1.54) is 6.26 Å². The molecule has 2 atom stereocenters. The average Bonchev–Trinajstić information content (AvgIpc) is 2.74. The molecule has 1 aliphatic heterocycles. The Labute approximate surface area is 194 Å². The van der Waals surface area contributed by atoms with Gasteiger partial charge in [-0.2, -0.15) is 0 Å². The first-order valence-electron chi connectivity index (χ1n) is 10.1. The van der Waals surface area contributed by atoms with Crippen LogP contribution in [0, 0.1) is 0 Å². The standard InChI is InChI=1S/C24H24Cl2N2O2S/c1-17-23(28(31(2,29)30)22-6-4-3-5-7-22)16-27(17)24(18-8-12-20(25)13-9-18)19-10-14-21(26)15-11-19/h3-15,17,23-24H,16H2,1-2H3/t17-,23+/m0/s1. The number of sulfonamides is 1. The number of anilines is 1. The van der Waals surface area contributed by atoms with Gasteiger partial charge in [-0.3, -0.25) is 9.21 Å². The normalized spacial score (nSPS) is 19.3. The predicted octanol–water partition coefficient (Wildman–Crippen LogP) is 5.62. The minimum absolute atomic E-state index is 0.00582. The molecule has 0 amide bonds. The maximum Gasteiger partial charge on any atom is 0.232 e. The number of hydrogen-bond acceptors (Lipinski definition) is 3. The van der Waals surface area contributed by atoms with E-state index in [1.54, 1.807) is 4.31 Å². The molecule has 162 valence electrons. The maximum absolute atomic E-state index is 12.7. The Hall–Kier alpha value is -2.05. The average molecular weight is 475 g/mol. The zero-order chi connectivity index (χ0) is 22.2. The molecule has 1 saturated heterocycles. The third-order valence-electron chi connectivity index (χ3n) is 5.85. The van der Waals surface area contributed by atoms with Crippen LogP contribution >= 0.6 is 23.2 Å². The minimum Gasteiger partial charge on any atom is -0.285 e. The van der Waals surface area contributed by atoms with Crippen LogP contribution in [0.1, 0.15) is 24.1 Å². The van der Waals surface area contributed by atoms with E-state index in [1.807, 2.05) is 78.9 Å². The molecule has 0 N–H and O–H groups in total. The van der Waals surface area contributed by atoms with Gasteiger partial charge in [0.25, 0.3) is 0 Å². The van der Waals surface area contributed by atoms with Crippen LogP contribution in [0.25, 0.3) is 0 Å². The second-order valence-electron chi connectivity index (χ2n) is 7.90. The van der Waals surface area contributed by atoms with Crippen molar-refractivity contribution in [1.82, 2.24) is 4.90 Å². The number of nitrogens with zero attached hydrogens (tertiary/aromatic N) is 2. The molecular weight excluding hydrogens is 451 g/mol. The molecule has 1 heterocycles. The van der Waals surface area contributed by atoms with Gasteiger partial charge in [-0.25, -0.2) is 8.42 Å². The molecule has 0 spiro atoms. The molecule has 0 radical (unpaired) electrons. The van der Waals surface area contributed by atoms with E-state index in [0.29, 0.717) is 22.3 Å². The number of halogens is 2. The monoisotopic (exact) mass is 474 g/mol. The fourth-order valence-electron chi connectivity index (χ4n) is 4.30. The van der Waals surface area contributed by atoms with Gasteiger partial charge in [-0.05, 0) is 54.4 Å². The minimum atomic E-state index is -3.43. The predicted molar refractivity (Wildman–Crippen MR) is 128 cm³/mol. The van der Waals surface area contributed by atoms with E-state index in [4.69, 9.17) is 23.2 Å². The van der Waals surface area contributed by atoms with E-state index >= 15 is 0 Å². The van der Waals surface area contributed by atoms with Gasteiger partial charge in [-0.15, -0.1) is 0 Å². The summed E-state index contributed by atoms with van der Waals surface area (Å²) in [5, 5.41) is 1.36. The third kappa shape index (κ3) is 4.60. The first-order chi connectivity index (χ1) is 14.8. The molecule has 31 heavy (non-hydrogen) atoms. The van der Waals surface area contributed by atoms with Crippen LogP contribution in [0.2, 0.25) is 10.0 Å². The van der Waals surface area contributed by atoms with E-state index in [9.17, 15) is 8.42 Å². The van der Waals surface area contributed by atoms with Gasteiger partial charge in [-0.1, -0.05) is 65.7 Å². The molecule has 4 rings (SSSR count). The fraction of sp³-hybridized carbons (Fsp3) is 0.250. The lowest BCUT2D eigenvalue weighted by Gasteiger charge is -2.54. The van der Waals surface area contributed by atoms with Crippen LogP contribution in [0.5, 0.6) is 0 Å². The van der Waals surface area contributed by atoms with Gasteiger partial charge in [0.1, 0.15) is 0 Å². The summed E-state index contributed by atoms with van der Waals surface area (Å²) in [7, 11) is -3.43. The van der Waals surface area contributed by atoms with Crippen LogP contribution < -0.4 is 4.31 Å². The smallest absolute Gasteiger partial charge is 0.232 e. The van der Waals surface area contributed by atoms with Crippen LogP contribution in [0.15, 0.2) is 78.9 Å². The lowest BCUT2D eigenvalue weighted by Crippen LogP contribution is -2.67. The van der Waals surface area contributed by atoms with Gasteiger partial charge in [0.15, 0.2) is 0 Å². The molecule has 1 fully saturated rings. The molecule has 0 bridgehead atoms. The summed E-state index contributed by atoms with van der Waals surface area (Å²) in [4.78, 5) is 2.32. The van der Waals surface area contributed by atoms with Crippen molar-refractivity contribution in [2.75, 3.05) is 17.1 Å².